The molecular weight excluding hydrogens is 353 g/mol. The van der Waals surface area contributed by atoms with Crippen LogP contribution in [0.15, 0.2) is 16.5 Å². The van der Waals surface area contributed by atoms with E-state index in [0.717, 1.165) is 21.4 Å². The van der Waals surface area contributed by atoms with Gasteiger partial charge in [-0.1, -0.05) is 27.7 Å². The van der Waals surface area contributed by atoms with E-state index < -0.39 is 0 Å². The second kappa shape index (κ2) is 5.11. The number of nitrogens with zero attached hydrogens (tertiary/aromatic N) is 2. The van der Waals surface area contributed by atoms with E-state index in [4.69, 9.17) is 10.2 Å². The fourth-order valence-electron chi connectivity index (χ4n) is 1.76. The van der Waals surface area contributed by atoms with Gasteiger partial charge in [0.25, 0.3) is 0 Å². The van der Waals surface area contributed by atoms with Crippen molar-refractivity contribution in [2.75, 3.05) is 5.73 Å². The van der Waals surface area contributed by atoms with Crippen LogP contribution in [-0.2, 0) is 11.8 Å². The van der Waals surface area contributed by atoms with E-state index in [1.165, 1.54) is 0 Å². The van der Waals surface area contributed by atoms with E-state index in [-0.39, 0.29) is 5.41 Å². The van der Waals surface area contributed by atoms with Crippen LogP contribution in [0.5, 0.6) is 0 Å². The summed E-state index contributed by atoms with van der Waals surface area (Å²) in [7, 11) is 0. The SMILES string of the molecule is CCc1ccc(-c2nc(N)c(I)c(C(C)(C)C)n2)o1. The molecule has 0 bridgehead atoms. The predicted molar refractivity (Wildman–Crippen MR) is 84.9 cm³/mol. The van der Waals surface area contributed by atoms with Crippen molar-refractivity contribution in [1.82, 2.24) is 9.97 Å². The second-order valence-corrected chi connectivity index (χ2v) is 6.54. The molecule has 102 valence electrons. The summed E-state index contributed by atoms with van der Waals surface area (Å²) in [6.45, 7) is 8.38. The minimum absolute atomic E-state index is 0.0808. The van der Waals surface area contributed by atoms with Crippen LogP contribution in [-0.4, -0.2) is 9.97 Å². The molecule has 4 nitrogen and oxygen atoms in total. The summed E-state index contributed by atoms with van der Waals surface area (Å²) in [5, 5.41) is 0. The summed E-state index contributed by atoms with van der Waals surface area (Å²) in [6.07, 6.45) is 0.853. The van der Waals surface area contributed by atoms with Gasteiger partial charge in [0.2, 0.25) is 0 Å². The highest BCUT2D eigenvalue weighted by Gasteiger charge is 2.23. The largest absolute Gasteiger partial charge is 0.458 e. The van der Waals surface area contributed by atoms with Crippen LogP contribution >= 0.6 is 22.6 Å². The molecule has 5 heteroatoms. The maximum Gasteiger partial charge on any atom is 0.197 e. The van der Waals surface area contributed by atoms with Crippen LogP contribution in [0.4, 0.5) is 5.82 Å². The van der Waals surface area contributed by atoms with Crippen molar-refractivity contribution < 1.29 is 4.42 Å². The zero-order chi connectivity index (χ0) is 14.2. The van der Waals surface area contributed by atoms with Crippen LogP contribution in [0.25, 0.3) is 11.6 Å². The fourth-order valence-corrected chi connectivity index (χ4v) is 2.81. The minimum atomic E-state index is -0.0808. The third-order valence-corrected chi connectivity index (χ3v) is 3.88. The lowest BCUT2D eigenvalue weighted by molar-refractivity contribution is 0.521. The van der Waals surface area contributed by atoms with Gasteiger partial charge >= 0.3 is 0 Å². The first-order valence-corrected chi connectivity index (χ1v) is 7.33. The quantitative estimate of drug-likeness (QED) is 0.816. The van der Waals surface area contributed by atoms with Crippen LogP contribution in [0.2, 0.25) is 0 Å². The molecule has 0 amide bonds. The maximum absolute atomic E-state index is 5.99. The molecule has 2 aromatic rings. The molecule has 0 saturated carbocycles. The molecule has 0 radical (unpaired) electrons. The molecule has 2 rings (SSSR count). The number of nitrogen functional groups attached to an aromatic ring is 1. The number of aryl methyl sites for hydroxylation is 1. The van der Waals surface area contributed by atoms with Crippen molar-refractivity contribution >= 4 is 28.4 Å². The molecule has 0 aromatic carbocycles. The lowest BCUT2D eigenvalue weighted by Gasteiger charge is -2.20. The Labute approximate surface area is 127 Å². The molecule has 0 atom stereocenters. The predicted octanol–water partition coefficient (Wildman–Crippen LogP) is 3.78. The van der Waals surface area contributed by atoms with E-state index in [1.807, 2.05) is 19.1 Å². The number of rotatable bonds is 2. The highest BCUT2D eigenvalue weighted by Crippen LogP contribution is 2.30. The third-order valence-electron chi connectivity index (χ3n) is 2.82. The summed E-state index contributed by atoms with van der Waals surface area (Å²) >= 11 is 2.20. The lowest BCUT2D eigenvalue weighted by Crippen LogP contribution is -2.18. The van der Waals surface area contributed by atoms with Gasteiger partial charge in [0, 0.05) is 11.8 Å². The molecule has 19 heavy (non-hydrogen) atoms. The molecule has 0 aliphatic heterocycles. The van der Waals surface area contributed by atoms with Crippen molar-refractivity contribution in [2.45, 2.75) is 39.5 Å². The highest BCUT2D eigenvalue weighted by molar-refractivity contribution is 14.1. The fraction of sp³-hybridized carbons (Fsp3) is 0.429. The molecule has 0 aliphatic rings. The Morgan fingerprint density at radius 1 is 1.26 bits per heavy atom. The van der Waals surface area contributed by atoms with Crippen molar-refractivity contribution in [3.63, 3.8) is 0 Å². The zero-order valence-corrected chi connectivity index (χ0v) is 13.8. The average molecular weight is 371 g/mol. The first-order valence-electron chi connectivity index (χ1n) is 6.25. The van der Waals surface area contributed by atoms with Gasteiger partial charge in [0.05, 0.1) is 9.26 Å². The minimum Gasteiger partial charge on any atom is -0.458 e. The number of halogens is 1. The summed E-state index contributed by atoms with van der Waals surface area (Å²) in [5.74, 6) is 2.66. The standard InChI is InChI=1S/C14H18IN3O/c1-5-8-6-7-9(19-8)13-17-11(14(2,3)4)10(15)12(16)18-13/h6-7H,5H2,1-4H3,(H2,16,17,18). The molecule has 0 saturated heterocycles. The molecule has 0 unspecified atom stereocenters. The van der Waals surface area contributed by atoms with Crippen LogP contribution in [0, 0.1) is 3.57 Å². The number of hydrogen-bond acceptors (Lipinski definition) is 4. The van der Waals surface area contributed by atoms with Gasteiger partial charge in [-0.05, 0) is 34.7 Å². The third kappa shape index (κ3) is 2.91. The van der Waals surface area contributed by atoms with Crippen LogP contribution in [0.1, 0.15) is 39.1 Å². The number of aromatic nitrogens is 2. The normalized spacial score (nSPS) is 11.8. The van der Waals surface area contributed by atoms with Crippen molar-refractivity contribution in [3.05, 3.63) is 27.2 Å². The molecular formula is C14H18IN3O. The summed E-state index contributed by atoms with van der Waals surface area (Å²) in [5.41, 5.74) is 6.86. The molecule has 2 N–H and O–H groups in total. The Hall–Kier alpha value is -1.11. The number of furan rings is 1. The molecule has 2 heterocycles. The van der Waals surface area contributed by atoms with Gasteiger partial charge in [-0.15, -0.1) is 0 Å². The summed E-state index contributed by atoms with van der Waals surface area (Å²) in [4.78, 5) is 8.96. The molecule has 0 fully saturated rings. The Bertz CT molecular complexity index is 599. The van der Waals surface area contributed by atoms with E-state index >= 15 is 0 Å². The Morgan fingerprint density at radius 3 is 2.47 bits per heavy atom. The van der Waals surface area contributed by atoms with Crippen molar-refractivity contribution in [1.29, 1.82) is 0 Å². The molecule has 2 aromatic heterocycles. The first kappa shape index (κ1) is 14.3. The smallest absolute Gasteiger partial charge is 0.197 e. The van der Waals surface area contributed by atoms with E-state index in [1.54, 1.807) is 0 Å². The Kier molecular flexibility index (Phi) is 3.85. The monoisotopic (exact) mass is 371 g/mol. The number of nitrogens with two attached hydrogens (primary N) is 1. The van der Waals surface area contributed by atoms with Gasteiger partial charge in [-0.3, -0.25) is 0 Å². The van der Waals surface area contributed by atoms with E-state index in [9.17, 15) is 0 Å². The maximum atomic E-state index is 5.99. The second-order valence-electron chi connectivity index (χ2n) is 5.46. The first-order chi connectivity index (χ1) is 8.82. The van der Waals surface area contributed by atoms with Gasteiger partial charge < -0.3 is 10.2 Å². The Balaban J connectivity index is 2.56. The van der Waals surface area contributed by atoms with Gasteiger partial charge in [0.15, 0.2) is 11.6 Å². The van der Waals surface area contributed by atoms with Gasteiger partial charge in [-0.25, -0.2) is 9.97 Å². The molecule has 0 aliphatic carbocycles. The van der Waals surface area contributed by atoms with Crippen molar-refractivity contribution in [2.24, 2.45) is 0 Å². The Morgan fingerprint density at radius 2 is 1.95 bits per heavy atom. The zero-order valence-electron chi connectivity index (χ0n) is 11.6. The van der Waals surface area contributed by atoms with E-state index in [0.29, 0.717) is 17.4 Å². The highest BCUT2D eigenvalue weighted by atomic mass is 127. The number of anilines is 1. The van der Waals surface area contributed by atoms with Gasteiger partial charge in [-0.2, -0.15) is 0 Å². The lowest BCUT2D eigenvalue weighted by atomic mass is 9.92. The van der Waals surface area contributed by atoms with Gasteiger partial charge in [0.1, 0.15) is 11.6 Å². The number of hydrogen-bond donors (Lipinski definition) is 1. The van der Waals surface area contributed by atoms with Crippen LogP contribution < -0.4 is 5.73 Å². The summed E-state index contributed by atoms with van der Waals surface area (Å²) < 4.78 is 6.61. The van der Waals surface area contributed by atoms with E-state index in [2.05, 4.69) is 53.3 Å². The molecule has 0 spiro atoms. The van der Waals surface area contributed by atoms with Crippen LogP contribution in [0.3, 0.4) is 0 Å². The summed E-state index contributed by atoms with van der Waals surface area (Å²) in [6, 6.07) is 3.84. The average Bonchev–Trinajstić information content (AvgIpc) is 2.79. The topological polar surface area (TPSA) is 64.9 Å². The van der Waals surface area contributed by atoms with Crippen molar-refractivity contribution in [3.8, 4) is 11.6 Å².